The van der Waals surface area contributed by atoms with Crippen molar-refractivity contribution in [2.24, 2.45) is 11.8 Å². The normalized spacial score (nSPS) is 22.5. The van der Waals surface area contributed by atoms with Crippen LogP contribution in [0.25, 0.3) is 0 Å². The van der Waals surface area contributed by atoms with E-state index in [4.69, 9.17) is 0 Å². The zero-order valence-electron chi connectivity index (χ0n) is 8.19. The molecule has 0 aromatic rings. The molecule has 0 N–H and O–H groups in total. The van der Waals surface area contributed by atoms with Gasteiger partial charge in [-0.25, -0.2) is 0 Å². The van der Waals surface area contributed by atoms with Gasteiger partial charge in [0.1, 0.15) is 0 Å². The van der Waals surface area contributed by atoms with Crippen molar-refractivity contribution in [3.63, 3.8) is 0 Å². The quantitative estimate of drug-likeness (QED) is 0.632. The first-order valence-corrected chi connectivity index (χ1v) is 6.56. The van der Waals surface area contributed by atoms with Crippen molar-refractivity contribution in [3.8, 4) is 0 Å². The van der Waals surface area contributed by atoms with Crippen LogP contribution in [0.5, 0.6) is 0 Å². The molecule has 0 nitrogen and oxygen atoms in total. The van der Waals surface area contributed by atoms with Crippen LogP contribution in [0.2, 0.25) is 0 Å². The molecule has 0 radical (unpaired) electrons. The smallest absolute Gasteiger partial charge is 0.00340 e. The van der Waals surface area contributed by atoms with Crippen LogP contribution in [-0.4, -0.2) is 5.33 Å². The summed E-state index contributed by atoms with van der Waals surface area (Å²) in [4.78, 5) is 0. The van der Waals surface area contributed by atoms with Crippen LogP contribution in [0.3, 0.4) is 0 Å². The lowest BCUT2D eigenvalue weighted by Gasteiger charge is -2.29. The molecule has 1 fully saturated rings. The molecule has 1 atom stereocenters. The minimum Gasteiger partial charge on any atom is -0.0928 e. The van der Waals surface area contributed by atoms with E-state index in [1.807, 2.05) is 0 Å². The Morgan fingerprint density at radius 1 is 1.25 bits per heavy atom. The van der Waals surface area contributed by atoms with Crippen molar-refractivity contribution in [1.29, 1.82) is 0 Å². The SMILES string of the molecule is CC[C@H](CCBr)C1CCCCC1. The predicted octanol–water partition coefficient (Wildman–Crippen LogP) is 4.38. The fraction of sp³-hybridized carbons (Fsp3) is 1.00. The van der Waals surface area contributed by atoms with Gasteiger partial charge in [0.25, 0.3) is 0 Å². The molecule has 0 heterocycles. The second-order valence-corrected chi connectivity index (χ2v) is 4.84. The summed E-state index contributed by atoms with van der Waals surface area (Å²) in [5, 5.41) is 1.20. The minimum absolute atomic E-state index is 1.00. The highest BCUT2D eigenvalue weighted by Gasteiger charge is 2.21. The summed E-state index contributed by atoms with van der Waals surface area (Å²) in [7, 11) is 0. The van der Waals surface area contributed by atoms with E-state index in [9.17, 15) is 0 Å². The molecule has 1 aliphatic rings. The third-order valence-corrected chi connectivity index (χ3v) is 3.78. The van der Waals surface area contributed by atoms with Crippen molar-refractivity contribution >= 4 is 15.9 Å². The number of hydrogen-bond donors (Lipinski definition) is 0. The van der Waals surface area contributed by atoms with Gasteiger partial charge in [-0.05, 0) is 18.3 Å². The lowest BCUT2D eigenvalue weighted by Crippen LogP contribution is -2.17. The third kappa shape index (κ3) is 3.08. The molecule has 0 aromatic carbocycles. The molecule has 0 saturated heterocycles. The number of rotatable bonds is 4. The van der Waals surface area contributed by atoms with E-state index < -0.39 is 0 Å². The van der Waals surface area contributed by atoms with Gasteiger partial charge in [-0.3, -0.25) is 0 Å². The summed E-state index contributed by atoms with van der Waals surface area (Å²) >= 11 is 3.56. The summed E-state index contributed by atoms with van der Waals surface area (Å²) in [6, 6.07) is 0. The highest BCUT2D eigenvalue weighted by atomic mass is 79.9. The highest BCUT2D eigenvalue weighted by Crippen LogP contribution is 2.33. The molecule has 1 heteroatoms. The molecule has 0 unspecified atom stereocenters. The number of halogens is 1. The van der Waals surface area contributed by atoms with E-state index in [1.165, 1.54) is 50.3 Å². The maximum absolute atomic E-state index is 3.56. The van der Waals surface area contributed by atoms with Gasteiger partial charge in [0.15, 0.2) is 0 Å². The van der Waals surface area contributed by atoms with Crippen LogP contribution in [0.4, 0.5) is 0 Å². The zero-order valence-corrected chi connectivity index (χ0v) is 9.78. The molecular weight excluding hydrogens is 212 g/mol. The molecular formula is C11H21Br. The van der Waals surface area contributed by atoms with Gasteiger partial charge in [0, 0.05) is 5.33 Å². The molecule has 12 heavy (non-hydrogen) atoms. The Morgan fingerprint density at radius 3 is 2.42 bits per heavy atom. The summed E-state index contributed by atoms with van der Waals surface area (Å²) in [6.45, 7) is 2.35. The lowest BCUT2D eigenvalue weighted by molar-refractivity contribution is 0.237. The topological polar surface area (TPSA) is 0 Å². The molecule has 1 rings (SSSR count). The minimum atomic E-state index is 1.00. The van der Waals surface area contributed by atoms with Gasteiger partial charge in [0.2, 0.25) is 0 Å². The van der Waals surface area contributed by atoms with E-state index >= 15 is 0 Å². The van der Waals surface area contributed by atoms with Crippen molar-refractivity contribution in [1.82, 2.24) is 0 Å². The first-order chi connectivity index (χ1) is 5.88. The Hall–Kier alpha value is 0.480. The second-order valence-electron chi connectivity index (χ2n) is 4.04. The average molecular weight is 233 g/mol. The van der Waals surface area contributed by atoms with Crippen LogP contribution in [0.15, 0.2) is 0 Å². The maximum atomic E-state index is 3.56. The molecule has 0 aromatic heterocycles. The highest BCUT2D eigenvalue weighted by molar-refractivity contribution is 9.09. The third-order valence-electron chi connectivity index (χ3n) is 3.32. The van der Waals surface area contributed by atoms with Gasteiger partial charge in [0.05, 0.1) is 0 Å². The summed E-state index contributed by atoms with van der Waals surface area (Å²) < 4.78 is 0. The van der Waals surface area contributed by atoms with E-state index in [0.717, 1.165) is 11.8 Å². The van der Waals surface area contributed by atoms with Crippen molar-refractivity contribution in [2.75, 3.05) is 5.33 Å². The molecule has 0 spiro atoms. The molecule has 1 saturated carbocycles. The van der Waals surface area contributed by atoms with E-state index in [2.05, 4.69) is 22.9 Å². The Morgan fingerprint density at radius 2 is 1.92 bits per heavy atom. The first-order valence-electron chi connectivity index (χ1n) is 5.44. The molecule has 1 aliphatic carbocycles. The monoisotopic (exact) mass is 232 g/mol. The Kier molecular flexibility index (Phi) is 5.29. The van der Waals surface area contributed by atoms with Gasteiger partial charge in [-0.1, -0.05) is 61.4 Å². The van der Waals surface area contributed by atoms with Gasteiger partial charge in [-0.2, -0.15) is 0 Å². The standard InChI is InChI=1S/C11H21Br/c1-2-10(8-9-12)11-6-4-3-5-7-11/h10-11H,2-9H2,1H3/t10-/m1/s1. The van der Waals surface area contributed by atoms with Crippen LogP contribution in [-0.2, 0) is 0 Å². The zero-order chi connectivity index (χ0) is 8.81. The Labute approximate surface area is 85.3 Å². The fourth-order valence-corrected chi connectivity index (χ4v) is 3.11. The van der Waals surface area contributed by atoms with Gasteiger partial charge < -0.3 is 0 Å². The van der Waals surface area contributed by atoms with Crippen molar-refractivity contribution in [2.45, 2.75) is 51.9 Å². The Bertz CT molecular complexity index is 103. The molecule has 0 bridgehead atoms. The van der Waals surface area contributed by atoms with Gasteiger partial charge in [-0.15, -0.1) is 0 Å². The summed E-state index contributed by atoms with van der Waals surface area (Å²) in [5.74, 6) is 2.06. The van der Waals surface area contributed by atoms with Crippen molar-refractivity contribution < 1.29 is 0 Å². The molecule has 0 aliphatic heterocycles. The van der Waals surface area contributed by atoms with Crippen LogP contribution < -0.4 is 0 Å². The van der Waals surface area contributed by atoms with Crippen LogP contribution in [0.1, 0.15) is 51.9 Å². The van der Waals surface area contributed by atoms with E-state index in [0.29, 0.717) is 0 Å². The van der Waals surface area contributed by atoms with Gasteiger partial charge >= 0.3 is 0 Å². The van der Waals surface area contributed by atoms with E-state index in [1.54, 1.807) is 0 Å². The van der Waals surface area contributed by atoms with E-state index in [-0.39, 0.29) is 0 Å². The van der Waals surface area contributed by atoms with Crippen molar-refractivity contribution in [3.05, 3.63) is 0 Å². The summed E-state index contributed by atoms with van der Waals surface area (Å²) in [6.07, 6.45) is 10.3. The number of alkyl halides is 1. The largest absolute Gasteiger partial charge is 0.0928 e. The molecule has 0 amide bonds. The number of hydrogen-bond acceptors (Lipinski definition) is 0. The second kappa shape index (κ2) is 6.01. The maximum Gasteiger partial charge on any atom is 0.00340 e. The average Bonchev–Trinajstić information content (AvgIpc) is 2.15. The molecule has 72 valence electrons. The predicted molar refractivity (Wildman–Crippen MR) is 58.8 cm³/mol. The van der Waals surface area contributed by atoms with Crippen LogP contribution in [0, 0.1) is 11.8 Å². The first kappa shape index (κ1) is 10.6. The lowest BCUT2D eigenvalue weighted by atomic mass is 9.78. The fourth-order valence-electron chi connectivity index (χ4n) is 2.52. The Balaban J connectivity index is 2.29. The summed E-state index contributed by atoms with van der Waals surface area (Å²) in [5.41, 5.74) is 0. The van der Waals surface area contributed by atoms with Crippen LogP contribution >= 0.6 is 15.9 Å².